The van der Waals surface area contributed by atoms with Crippen LogP contribution >= 0.6 is 0 Å². The maximum Gasteiger partial charge on any atom is 0.326 e. The van der Waals surface area contributed by atoms with Gasteiger partial charge in [0, 0.05) is 5.92 Å². The van der Waals surface area contributed by atoms with E-state index in [0.717, 1.165) is 12.8 Å². The number of primary amides is 1. The predicted octanol–water partition coefficient (Wildman–Crippen LogP) is 0.648. The highest BCUT2D eigenvalue weighted by Gasteiger charge is 2.25. The summed E-state index contributed by atoms with van der Waals surface area (Å²) in [6.07, 6.45) is 2.74. The molecule has 0 aliphatic carbocycles. The maximum absolute atomic E-state index is 11.9. The molecule has 0 fully saturated rings. The fourth-order valence-corrected chi connectivity index (χ4v) is 1.79. The third-order valence-electron chi connectivity index (χ3n) is 2.66. The van der Waals surface area contributed by atoms with Crippen molar-refractivity contribution in [3.63, 3.8) is 0 Å². The van der Waals surface area contributed by atoms with Crippen LogP contribution < -0.4 is 11.1 Å². The van der Waals surface area contributed by atoms with Gasteiger partial charge in [0.2, 0.25) is 11.8 Å². The fourth-order valence-electron chi connectivity index (χ4n) is 1.79. The van der Waals surface area contributed by atoms with Gasteiger partial charge in [0.15, 0.2) is 0 Å². The topological polar surface area (TPSA) is 109 Å². The van der Waals surface area contributed by atoms with Crippen molar-refractivity contribution in [3.05, 3.63) is 0 Å². The van der Waals surface area contributed by atoms with Crippen LogP contribution in [0.4, 0.5) is 0 Å². The molecule has 4 N–H and O–H groups in total. The van der Waals surface area contributed by atoms with E-state index in [1.54, 1.807) is 0 Å². The zero-order valence-electron chi connectivity index (χ0n) is 10.9. The molecule has 0 unspecified atom stereocenters. The van der Waals surface area contributed by atoms with Crippen LogP contribution in [0.3, 0.4) is 0 Å². The zero-order valence-corrected chi connectivity index (χ0v) is 10.9. The van der Waals surface area contributed by atoms with Gasteiger partial charge in [-0.25, -0.2) is 4.79 Å². The highest BCUT2D eigenvalue weighted by Crippen LogP contribution is 2.14. The summed E-state index contributed by atoms with van der Waals surface area (Å²) in [5, 5.41) is 11.3. The third-order valence-corrected chi connectivity index (χ3v) is 2.66. The number of carbonyl (C=O) groups is 3. The molecule has 0 bridgehead atoms. The Balaban J connectivity index is 4.54. The third kappa shape index (κ3) is 6.22. The van der Waals surface area contributed by atoms with Gasteiger partial charge in [-0.15, -0.1) is 0 Å². The first kappa shape index (κ1) is 16.4. The van der Waals surface area contributed by atoms with Crippen LogP contribution in [0.25, 0.3) is 0 Å². The summed E-state index contributed by atoms with van der Waals surface area (Å²) in [6, 6.07) is -1.23. The number of amides is 2. The molecule has 1 atom stereocenters. The molecule has 0 radical (unpaired) electrons. The molecule has 2 amide bonds. The van der Waals surface area contributed by atoms with Gasteiger partial charge < -0.3 is 16.2 Å². The lowest BCUT2D eigenvalue weighted by Gasteiger charge is -2.18. The molecule has 0 spiro atoms. The van der Waals surface area contributed by atoms with E-state index in [1.807, 2.05) is 13.8 Å². The molecule has 0 heterocycles. The first-order chi connectivity index (χ1) is 8.42. The summed E-state index contributed by atoms with van der Waals surface area (Å²) in [6.45, 7) is 3.93. The second-order valence-corrected chi connectivity index (χ2v) is 4.34. The molecule has 0 aliphatic rings. The number of hydrogen-bond acceptors (Lipinski definition) is 3. The van der Waals surface area contributed by atoms with Crippen molar-refractivity contribution >= 4 is 17.8 Å². The van der Waals surface area contributed by atoms with E-state index >= 15 is 0 Å². The first-order valence-corrected chi connectivity index (χ1v) is 6.23. The average Bonchev–Trinajstić information content (AvgIpc) is 2.27. The Labute approximate surface area is 107 Å². The normalized spacial score (nSPS) is 12.2. The van der Waals surface area contributed by atoms with Crippen LogP contribution in [0.5, 0.6) is 0 Å². The summed E-state index contributed by atoms with van der Waals surface area (Å²) in [5.74, 6) is -2.50. The fraction of sp³-hybridized carbons (Fsp3) is 0.750. The minimum Gasteiger partial charge on any atom is -0.480 e. The molecule has 6 heteroatoms. The number of hydrogen-bond donors (Lipinski definition) is 3. The van der Waals surface area contributed by atoms with Crippen molar-refractivity contribution in [2.75, 3.05) is 0 Å². The standard InChI is InChI=1S/C12H22N2O4/c1-3-5-8(6-4-2)11(16)14-9(12(17)18)7-10(13)15/h8-9H,3-7H2,1-2H3,(H2,13,15)(H,14,16)(H,17,18)/t9-/m1/s1. The van der Waals surface area contributed by atoms with Gasteiger partial charge in [-0.3, -0.25) is 9.59 Å². The van der Waals surface area contributed by atoms with Gasteiger partial charge in [-0.05, 0) is 12.8 Å². The molecule has 0 aliphatic heterocycles. The van der Waals surface area contributed by atoms with E-state index in [-0.39, 0.29) is 18.2 Å². The monoisotopic (exact) mass is 258 g/mol. The van der Waals surface area contributed by atoms with Crippen molar-refractivity contribution in [2.24, 2.45) is 11.7 Å². The van der Waals surface area contributed by atoms with Crippen molar-refractivity contribution < 1.29 is 19.5 Å². The molecule has 104 valence electrons. The Morgan fingerprint density at radius 1 is 1.17 bits per heavy atom. The van der Waals surface area contributed by atoms with E-state index in [0.29, 0.717) is 12.8 Å². The van der Waals surface area contributed by atoms with Crippen LogP contribution in [-0.2, 0) is 14.4 Å². The zero-order chi connectivity index (χ0) is 14.1. The van der Waals surface area contributed by atoms with Crippen LogP contribution in [0, 0.1) is 5.92 Å². The van der Waals surface area contributed by atoms with Gasteiger partial charge in [0.05, 0.1) is 6.42 Å². The molecular formula is C12H22N2O4. The predicted molar refractivity (Wildman–Crippen MR) is 66.7 cm³/mol. The summed E-state index contributed by atoms with van der Waals surface area (Å²) >= 11 is 0. The van der Waals surface area contributed by atoms with E-state index in [2.05, 4.69) is 5.32 Å². The quantitative estimate of drug-likeness (QED) is 0.564. The lowest BCUT2D eigenvalue weighted by atomic mass is 9.97. The smallest absolute Gasteiger partial charge is 0.326 e. The Morgan fingerprint density at radius 3 is 2.00 bits per heavy atom. The minimum atomic E-state index is -1.24. The molecular weight excluding hydrogens is 236 g/mol. The number of carbonyl (C=O) groups excluding carboxylic acids is 2. The van der Waals surface area contributed by atoms with E-state index in [4.69, 9.17) is 10.8 Å². The molecule has 0 saturated heterocycles. The van der Waals surface area contributed by atoms with Gasteiger partial charge in [0.1, 0.15) is 6.04 Å². The molecule has 18 heavy (non-hydrogen) atoms. The van der Waals surface area contributed by atoms with Gasteiger partial charge >= 0.3 is 5.97 Å². The Morgan fingerprint density at radius 2 is 1.67 bits per heavy atom. The molecule has 0 aromatic carbocycles. The summed E-state index contributed by atoms with van der Waals surface area (Å²) < 4.78 is 0. The van der Waals surface area contributed by atoms with Crippen LogP contribution in [0.1, 0.15) is 46.0 Å². The SMILES string of the molecule is CCCC(CCC)C(=O)N[C@H](CC(N)=O)C(=O)O. The number of rotatable bonds is 9. The molecule has 0 saturated carbocycles. The number of carboxylic acid groups (broad SMARTS) is 1. The lowest BCUT2D eigenvalue weighted by Crippen LogP contribution is -2.45. The van der Waals surface area contributed by atoms with Crippen LogP contribution in [0.15, 0.2) is 0 Å². The average molecular weight is 258 g/mol. The Hall–Kier alpha value is -1.59. The summed E-state index contributed by atoms with van der Waals surface area (Å²) in [7, 11) is 0. The lowest BCUT2D eigenvalue weighted by molar-refractivity contribution is -0.144. The van der Waals surface area contributed by atoms with Crippen molar-refractivity contribution in [1.82, 2.24) is 5.32 Å². The van der Waals surface area contributed by atoms with Crippen LogP contribution in [-0.4, -0.2) is 28.9 Å². The second-order valence-electron chi connectivity index (χ2n) is 4.34. The number of nitrogens with one attached hydrogen (secondary N) is 1. The van der Waals surface area contributed by atoms with Crippen molar-refractivity contribution in [2.45, 2.75) is 52.0 Å². The van der Waals surface area contributed by atoms with E-state index in [9.17, 15) is 14.4 Å². The molecule has 0 rings (SSSR count). The van der Waals surface area contributed by atoms with Crippen LogP contribution in [0.2, 0.25) is 0 Å². The summed E-state index contributed by atoms with van der Waals surface area (Å²) in [5.41, 5.74) is 4.95. The van der Waals surface area contributed by atoms with Gasteiger partial charge in [0.25, 0.3) is 0 Å². The van der Waals surface area contributed by atoms with Crippen molar-refractivity contribution in [3.8, 4) is 0 Å². The number of aliphatic carboxylic acids is 1. The van der Waals surface area contributed by atoms with Crippen molar-refractivity contribution in [1.29, 1.82) is 0 Å². The highest BCUT2D eigenvalue weighted by atomic mass is 16.4. The second kappa shape index (κ2) is 8.49. The number of carboxylic acids is 1. The molecule has 0 aromatic rings. The molecule has 0 aromatic heterocycles. The minimum absolute atomic E-state index is 0.199. The highest BCUT2D eigenvalue weighted by molar-refractivity contribution is 5.88. The maximum atomic E-state index is 11.9. The Kier molecular flexibility index (Phi) is 7.74. The van der Waals surface area contributed by atoms with Gasteiger partial charge in [-0.1, -0.05) is 26.7 Å². The van der Waals surface area contributed by atoms with E-state index in [1.165, 1.54) is 0 Å². The molecule has 6 nitrogen and oxygen atoms in total. The number of nitrogens with two attached hydrogens (primary N) is 1. The summed E-state index contributed by atoms with van der Waals surface area (Å²) in [4.78, 5) is 33.5. The van der Waals surface area contributed by atoms with E-state index < -0.39 is 17.9 Å². The van der Waals surface area contributed by atoms with Gasteiger partial charge in [-0.2, -0.15) is 0 Å². The first-order valence-electron chi connectivity index (χ1n) is 6.23. The largest absolute Gasteiger partial charge is 0.480 e. The Bertz CT molecular complexity index is 298.